The Hall–Kier alpha value is -1.61. The average molecular weight is 199 g/mol. The Labute approximate surface area is 75.6 Å². The number of sulfonamides is 1. The summed E-state index contributed by atoms with van der Waals surface area (Å²) in [6, 6.07) is 5.90. The van der Waals surface area contributed by atoms with Crippen LogP contribution in [0, 0.1) is 5.39 Å². The normalized spacial score (nSPS) is 10.5. The van der Waals surface area contributed by atoms with Gasteiger partial charge in [-0.25, -0.2) is 0 Å². The van der Waals surface area contributed by atoms with Gasteiger partial charge in [0.15, 0.2) is 4.90 Å². The maximum atomic E-state index is 11.1. The molecular formula is C7H7N2O3S+. The molecule has 5 nitrogen and oxygen atoms in total. The van der Waals surface area contributed by atoms with Crippen LogP contribution in [0.5, 0.6) is 5.75 Å². The second-order valence-corrected chi connectivity index (χ2v) is 3.76. The smallest absolute Gasteiger partial charge is 0.495 e. The van der Waals surface area contributed by atoms with Gasteiger partial charge in [-0.2, -0.15) is 0 Å². The number of ether oxygens (including phenoxy) is 1. The van der Waals surface area contributed by atoms with E-state index < -0.39 is 10.0 Å². The van der Waals surface area contributed by atoms with Crippen molar-refractivity contribution < 1.29 is 13.2 Å². The summed E-state index contributed by atoms with van der Waals surface area (Å²) in [4.78, 5) is -0.153. The minimum absolute atomic E-state index is 0.153. The standard InChI is InChI=1S/C7H7N2O3S/c1-12-6-4-2-3-5-7(6)13(10,11)9-8/h2-5H,1H3/q+1. The van der Waals surface area contributed by atoms with Crippen molar-refractivity contribution in [2.24, 2.45) is 0 Å². The fourth-order valence-electron chi connectivity index (χ4n) is 0.876. The lowest BCUT2D eigenvalue weighted by Crippen LogP contribution is -1.97. The van der Waals surface area contributed by atoms with Crippen molar-refractivity contribution in [3.8, 4) is 5.75 Å². The van der Waals surface area contributed by atoms with Gasteiger partial charge in [-0.1, -0.05) is 12.1 Å². The van der Waals surface area contributed by atoms with Gasteiger partial charge in [-0.3, -0.25) is 0 Å². The molecule has 0 fully saturated rings. The molecule has 0 spiro atoms. The third-order valence-corrected chi connectivity index (χ3v) is 2.56. The maximum Gasteiger partial charge on any atom is 0.556 e. The van der Waals surface area contributed by atoms with Gasteiger partial charge in [0, 0.05) is 0 Å². The minimum atomic E-state index is -3.99. The fourth-order valence-corrected chi connectivity index (χ4v) is 1.62. The van der Waals surface area contributed by atoms with Gasteiger partial charge in [-0.05, 0) is 12.1 Å². The van der Waals surface area contributed by atoms with E-state index in [9.17, 15) is 8.42 Å². The Morgan fingerprint density at radius 2 is 2.00 bits per heavy atom. The molecule has 0 N–H and O–H groups in total. The number of methoxy groups -OCH3 is 1. The van der Waals surface area contributed by atoms with E-state index in [1.807, 2.05) is 0 Å². The van der Waals surface area contributed by atoms with Crippen LogP contribution in [0.1, 0.15) is 0 Å². The number of rotatable bonds is 2. The van der Waals surface area contributed by atoms with E-state index in [1.165, 1.54) is 25.3 Å². The highest BCUT2D eigenvalue weighted by molar-refractivity contribution is 7.93. The van der Waals surface area contributed by atoms with Crippen LogP contribution in [0.3, 0.4) is 0 Å². The Balaban J connectivity index is 3.40. The van der Waals surface area contributed by atoms with Crippen molar-refractivity contribution in [2.45, 2.75) is 4.90 Å². The quantitative estimate of drug-likeness (QED) is 0.672. The molecule has 0 bridgehead atoms. The summed E-state index contributed by atoms with van der Waals surface area (Å²) in [5, 5.41) is 8.25. The third kappa shape index (κ3) is 1.76. The molecule has 68 valence electrons. The first-order valence-corrected chi connectivity index (χ1v) is 4.80. The Bertz CT molecular complexity index is 447. The number of hydrogen-bond acceptors (Lipinski definition) is 4. The van der Waals surface area contributed by atoms with Crippen LogP contribution in [0.15, 0.2) is 29.2 Å². The van der Waals surface area contributed by atoms with E-state index in [1.54, 1.807) is 6.07 Å². The van der Waals surface area contributed by atoms with Crippen LogP contribution in [0.2, 0.25) is 0 Å². The number of nitrogens with zero attached hydrogens (tertiary/aromatic N) is 2. The first kappa shape index (κ1) is 9.48. The van der Waals surface area contributed by atoms with Gasteiger partial charge in [0.25, 0.3) is 4.38 Å². The molecule has 0 aliphatic heterocycles. The van der Waals surface area contributed by atoms with E-state index in [0.29, 0.717) is 0 Å². The summed E-state index contributed by atoms with van der Waals surface area (Å²) in [6.45, 7) is 0. The molecule has 0 saturated carbocycles. The third-order valence-electron chi connectivity index (χ3n) is 1.45. The predicted molar refractivity (Wildman–Crippen MR) is 45.3 cm³/mol. The fraction of sp³-hybridized carbons (Fsp3) is 0.143. The average Bonchev–Trinajstić information content (AvgIpc) is 2.18. The first-order valence-electron chi connectivity index (χ1n) is 3.36. The SMILES string of the molecule is COc1ccccc1S(=O)(=O)[N+]#N. The molecule has 0 amide bonds. The molecular weight excluding hydrogens is 192 g/mol. The van der Waals surface area contributed by atoms with Crippen LogP contribution in [0.25, 0.3) is 4.38 Å². The minimum Gasteiger partial charge on any atom is -0.495 e. The molecule has 1 aromatic rings. The van der Waals surface area contributed by atoms with Gasteiger partial charge in [0.2, 0.25) is 5.39 Å². The summed E-state index contributed by atoms with van der Waals surface area (Å²) in [5.41, 5.74) is 0. The molecule has 0 aromatic heterocycles. The topological polar surface area (TPSA) is 71.5 Å². The maximum absolute atomic E-state index is 11.1. The van der Waals surface area contributed by atoms with Crippen LogP contribution in [-0.2, 0) is 10.0 Å². The van der Waals surface area contributed by atoms with Crippen LogP contribution >= 0.6 is 0 Å². The van der Waals surface area contributed by atoms with Crippen molar-refractivity contribution in [1.82, 2.24) is 0 Å². The predicted octanol–water partition coefficient (Wildman–Crippen LogP) is 1.24. The number of hydrogen-bond donors (Lipinski definition) is 0. The molecule has 1 rings (SSSR count). The highest BCUT2D eigenvalue weighted by Gasteiger charge is 2.30. The lowest BCUT2D eigenvalue weighted by atomic mass is 10.3. The van der Waals surface area contributed by atoms with Gasteiger partial charge in [0.05, 0.1) is 7.11 Å². The van der Waals surface area contributed by atoms with Crippen LogP contribution in [-0.4, -0.2) is 15.5 Å². The van der Waals surface area contributed by atoms with E-state index in [4.69, 9.17) is 10.1 Å². The highest BCUT2D eigenvalue weighted by atomic mass is 32.2. The molecule has 0 aliphatic carbocycles. The molecule has 1 aromatic carbocycles. The zero-order valence-electron chi connectivity index (χ0n) is 6.84. The largest absolute Gasteiger partial charge is 0.556 e. The zero-order chi connectivity index (χ0) is 9.90. The van der Waals surface area contributed by atoms with Gasteiger partial charge >= 0.3 is 10.0 Å². The Morgan fingerprint density at radius 3 is 2.54 bits per heavy atom. The number of para-hydroxylation sites is 1. The summed E-state index contributed by atoms with van der Waals surface area (Å²) in [5.74, 6) is 0.153. The van der Waals surface area contributed by atoms with E-state index in [2.05, 4.69) is 4.38 Å². The molecule has 0 aliphatic rings. The first-order chi connectivity index (χ1) is 6.11. The summed E-state index contributed by atoms with van der Waals surface area (Å²) in [6.07, 6.45) is 0. The van der Waals surface area contributed by atoms with Gasteiger partial charge in [-0.15, -0.1) is 8.42 Å². The molecule has 0 unspecified atom stereocenters. The van der Waals surface area contributed by atoms with E-state index in [-0.39, 0.29) is 10.6 Å². The number of benzene rings is 1. The van der Waals surface area contributed by atoms with Crippen LogP contribution < -0.4 is 4.74 Å². The lowest BCUT2D eigenvalue weighted by molar-refractivity contribution is 0.403. The highest BCUT2D eigenvalue weighted by Crippen LogP contribution is 2.24. The van der Waals surface area contributed by atoms with Crippen molar-refractivity contribution >= 4 is 10.0 Å². The summed E-state index contributed by atoms with van der Waals surface area (Å²) >= 11 is 0. The Morgan fingerprint density at radius 1 is 1.38 bits per heavy atom. The molecule has 13 heavy (non-hydrogen) atoms. The Kier molecular flexibility index (Phi) is 2.49. The van der Waals surface area contributed by atoms with Crippen molar-refractivity contribution in [3.05, 3.63) is 28.6 Å². The van der Waals surface area contributed by atoms with E-state index in [0.717, 1.165) is 0 Å². The molecule has 0 heterocycles. The zero-order valence-corrected chi connectivity index (χ0v) is 7.65. The van der Waals surface area contributed by atoms with Crippen LogP contribution in [0.4, 0.5) is 0 Å². The lowest BCUT2D eigenvalue weighted by Gasteiger charge is -1.98. The van der Waals surface area contributed by atoms with Gasteiger partial charge in [0.1, 0.15) is 5.75 Å². The second-order valence-electron chi connectivity index (χ2n) is 2.21. The molecule has 0 atom stereocenters. The summed E-state index contributed by atoms with van der Waals surface area (Å²) < 4.78 is 29.2. The molecule has 0 radical (unpaired) electrons. The number of diazo groups is 1. The monoisotopic (exact) mass is 199 g/mol. The van der Waals surface area contributed by atoms with Gasteiger partial charge < -0.3 is 4.74 Å². The summed E-state index contributed by atoms with van der Waals surface area (Å²) in [7, 11) is -2.65. The van der Waals surface area contributed by atoms with Crippen molar-refractivity contribution in [1.29, 1.82) is 5.39 Å². The molecule has 0 saturated heterocycles. The second kappa shape index (κ2) is 3.41. The molecule has 6 heteroatoms. The van der Waals surface area contributed by atoms with Crippen molar-refractivity contribution in [2.75, 3.05) is 7.11 Å². The van der Waals surface area contributed by atoms with Crippen molar-refractivity contribution in [3.63, 3.8) is 0 Å². The van der Waals surface area contributed by atoms with E-state index >= 15 is 0 Å².